The maximum atomic E-state index is 4.61. The van der Waals surface area contributed by atoms with Gasteiger partial charge in [-0.3, -0.25) is 5.32 Å². The van der Waals surface area contributed by atoms with Gasteiger partial charge in [0.15, 0.2) is 0 Å². The summed E-state index contributed by atoms with van der Waals surface area (Å²) in [6, 6.07) is 17.0. The first-order valence-corrected chi connectivity index (χ1v) is 7.78. The molecule has 0 aliphatic carbocycles. The lowest BCUT2D eigenvalue weighted by molar-refractivity contribution is 0.498. The third kappa shape index (κ3) is 2.33. The van der Waals surface area contributed by atoms with Gasteiger partial charge in [-0.15, -0.1) is 0 Å². The van der Waals surface area contributed by atoms with Crippen molar-refractivity contribution in [1.29, 1.82) is 0 Å². The quantitative estimate of drug-likeness (QED) is 0.757. The molecule has 2 heterocycles. The van der Waals surface area contributed by atoms with E-state index in [4.69, 9.17) is 0 Å². The summed E-state index contributed by atoms with van der Waals surface area (Å²) in [6.45, 7) is 0.899. The van der Waals surface area contributed by atoms with E-state index in [0.717, 1.165) is 12.2 Å². The highest BCUT2D eigenvalue weighted by molar-refractivity contribution is 7.13. The molecule has 3 aromatic rings. The van der Waals surface area contributed by atoms with E-state index < -0.39 is 0 Å². The van der Waals surface area contributed by atoms with Crippen LogP contribution in [-0.2, 0) is 0 Å². The maximum Gasteiger partial charge on any atom is 0.103 e. The van der Waals surface area contributed by atoms with Crippen molar-refractivity contribution in [2.75, 3.05) is 6.54 Å². The third-order valence-electron chi connectivity index (χ3n) is 3.72. The van der Waals surface area contributed by atoms with E-state index in [1.807, 2.05) is 6.20 Å². The van der Waals surface area contributed by atoms with Crippen LogP contribution in [0.4, 0.5) is 0 Å². The lowest BCUT2D eigenvalue weighted by Crippen LogP contribution is -2.34. The molecule has 0 bridgehead atoms. The zero-order valence-electron chi connectivity index (χ0n) is 11.4. The number of nitrogens with one attached hydrogen (secondary N) is 2. The molecule has 4 heteroatoms. The minimum Gasteiger partial charge on any atom is -0.372 e. The largest absolute Gasteiger partial charge is 0.372 e. The standard InChI is InChI=1S/C17H15N3S/c1-2-5-15-14(4-1)16(20-21-15)12-6-8-13(9-7-12)17-18-10-3-11-19-17/h1-10,17-19H,11H2. The summed E-state index contributed by atoms with van der Waals surface area (Å²) >= 11 is 1.56. The summed E-state index contributed by atoms with van der Waals surface area (Å²) in [5, 5.41) is 7.95. The molecule has 0 saturated carbocycles. The SMILES string of the molecule is C1=CNC(c2ccc(-c3nsc4ccccc34)cc2)NC1. The molecule has 2 N–H and O–H groups in total. The Kier molecular flexibility index (Phi) is 3.18. The molecule has 0 amide bonds. The van der Waals surface area contributed by atoms with Gasteiger partial charge >= 0.3 is 0 Å². The minimum absolute atomic E-state index is 0.191. The Morgan fingerprint density at radius 3 is 2.71 bits per heavy atom. The van der Waals surface area contributed by atoms with Crippen LogP contribution in [0.15, 0.2) is 60.8 Å². The van der Waals surface area contributed by atoms with Crippen LogP contribution < -0.4 is 10.6 Å². The molecule has 21 heavy (non-hydrogen) atoms. The van der Waals surface area contributed by atoms with Gasteiger partial charge in [0.1, 0.15) is 6.17 Å². The van der Waals surface area contributed by atoms with E-state index >= 15 is 0 Å². The van der Waals surface area contributed by atoms with Crippen molar-refractivity contribution < 1.29 is 0 Å². The molecule has 1 aromatic heterocycles. The molecule has 1 atom stereocenters. The molecule has 0 radical (unpaired) electrons. The smallest absolute Gasteiger partial charge is 0.103 e. The number of aromatic nitrogens is 1. The number of benzene rings is 2. The van der Waals surface area contributed by atoms with E-state index in [1.165, 1.54) is 21.2 Å². The van der Waals surface area contributed by atoms with Crippen molar-refractivity contribution >= 4 is 21.6 Å². The van der Waals surface area contributed by atoms with Gasteiger partial charge in [-0.05, 0) is 29.4 Å². The summed E-state index contributed by atoms with van der Waals surface area (Å²) in [6.07, 6.45) is 4.27. The Morgan fingerprint density at radius 1 is 1.05 bits per heavy atom. The van der Waals surface area contributed by atoms with E-state index in [0.29, 0.717) is 0 Å². The maximum absolute atomic E-state index is 4.61. The molecule has 3 nitrogen and oxygen atoms in total. The predicted molar refractivity (Wildman–Crippen MR) is 88.1 cm³/mol. The Bertz CT molecular complexity index is 789. The van der Waals surface area contributed by atoms with Gasteiger partial charge in [0.2, 0.25) is 0 Å². The van der Waals surface area contributed by atoms with Crippen LogP contribution in [0.5, 0.6) is 0 Å². The van der Waals surface area contributed by atoms with E-state index in [-0.39, 0.29) is 6.17 Å². The Hall–Kier alpha value is -2.17. The average Bonchev–Trinajstić information content (AvgIpc) is 3.00. The highest BCUT2D eigenvalue weighted by Gasteiger charge is 2.12. The van der Waals surface area contributed by atoms with Crippen molar-refractivity contribution in [3.8, 4) is 11.3 Å². The van der Waals surface area contributed by atoms with Crippen LogP contribution in [0.3, 0.4) is 0 Å². The number of rotatable bonds is 2. The molecule has 0 fully saturated rings. The number of nitrogens with zero attached hydrogens (tertiary/aromatic N) is 1. The molecule has 104 valence electrons. The van der Waals surface area contributed by atoms with Crippen molar-refractivity contribution in [3.63, 3.8) is 0 Å². The summed E-state index contributed by atoms with van der Waals surface area (Å²) in [4.78, 5) is 0. The lowest BCUT2D eigenvalue weighted by atomic mass is 10.0. The monoisotopic (exact) mass is 293 g/mol. The molecule has 1 aliphatic heterocycles. The minimum atomic E-state index is 0.191. The van der Waals surface area contributed by atoms with Gasteiger partial charge in [0.05, 0.1) is 10.4 Å². The van der Waals surface area contributed by atoms with Crippen LogP contribution in [-0.4, -0.2) is 10.9 Å². The van der Waals surface area contributed by atoms with E-state index in [1.54, 1.807) is 11.5 Å². The zero-order valence-corrected chi connectivity index (χ0v) is 12.2. The van der Waals surface area contributed by atoms with Crippen molar-refractivity contribution in [1.82, 2.24) is 15.0 Å². The van der Waals surface area contributed by atoms with Crippen LogP contribution in [0.25, 0.3) is 21.3 Å². The fourth-order valence-electron chi connectivity index (χ4n) is 2.61. The second kappa shape index (κ2) is 5.31. The number of fused-ring (bicyclic) bond motifs is 1. The Balaban J connectivity index is 1.68. The first-order chi connectivity index (χ1) is 10.4. The molecule has 2 aromatic carbocycles. The topological polar surface area (TPSA) is 37.0 Å². The first-order valence-electron chi connectivity index (χ1n) is 7.01. The molecular weight excluding hydrogens is 278 g/mol. The molecule has 4 rings (SSSR count). The number of hydrogen-bond acceptors (Lipinski definition) is 4. The van der Waals surface area contributed by atoms with Gasteiger partial charge < -0.3 is 5.32 Å². The van der Waals surface area contributed by atoms with Gasteiger partial charge in [-0.25, -0.2) is 0 Å². The summed E-state index contributed by atoms with van der Waals surface area (Å²) in [5.74, 6) is 0. The third-order valence-corrected chi connectivity index (χ3v) is 4.54. The zero-order chi connectivity index (χ0) is 14.1. The van der Waals surface area contributed by atoms with Crippen LogP contribution in [0, 0.1) is 0 Å². The van der Waals surface area contributed by atoms with Gasteiger partial charge in [-0.1, -0.05) is 48.5 Å². The predicted octanol–water partition coefficient (Wildman–Crippen LogP) is 3.67. The molecule has 1 unspecified atom stereocenters. The van der Waals surface area contributed by atoms with Gasteiger partial charge in [0, 0.05) is 17.5 Å². The first kappa shape index (κ1) is 12.6. The fourth-order valence-corrected chi connectivity index (χ4v) is 3.41. The number of hydrogen-bond donors (Lipinski definition) is 2. The normalized spacial score (nSPS) is 17.8. The molecule has 0 saturated heterocycles. The average molecular weight is 293 g/mol. The molecule has 0 spiro atoms. The van der Waals surface area contributed by atoms with Gasteiger partial charge in [0.25, 0.3) is 0 Å². The van der Waals surface area contributed by atoms with Crippen LogP contribution in [0.1, 0.15) is 11.7 Å². The van der Waals surface area contributed by atoms with Gasteiger partial charge in [-0.2, -0.15) is 4.37 Å². The summed E-state index contributed by atoms with van der Waals surface area (Å²) < 4.78 is 5.84. The summed E-state index contributed by atoms with van der Waals surface area (Å²) in [7, 11) is 0. The summed E-state index contributed by atoms with van der Waals surface area (Å²) in [5.41, 5.74) is 3.48. The fraction of sp³-hybridized carbons (Fsp3) is 0.118. The van der Waals surface area contributed by atoms with Crippen molar-refractivity contribution in [2.24, 2.45) is 0 Å². The van der Waals surface area contributed by atoms with Crippen LogP contribution >= 0.6 is 11.5 Å². The highest BCUT2D eigenvalue weighted by atomic mass is 32.1. The van der Waals surface area contributed by atoms with Crippen molar-refractivity contribution in [3.05, 3.63) is 66.4 Å². The highest BCUT2D eigenvalue weighted by Crippen LogP contribution is 2.31. The Morgan fingerprint density at radius 2 is 1.90 bits per heavy atom. The van der Waals surface area contributed by atoms with E-state index in [9.17, 15) is 0 Å². The second-order valence-corrected chi connectivity index (χ2v) is 5.86. The molecular formula is C17H15N3S. The van der Waals surface area contributed by atoms with Crippen molar-refractivity contribution in [2.45, 2.75) is 6.17 Å². The van der Waals surface area contributed by atoms with Crippen LogP contribution in [0.2, 0.25) is 0 Å². The van der Waals surface area contributed by atoms with E-state index in [2.05, 4.69) is 69.6 Å². The second-order valence-electron chi connectivity index (χ2n) is 5.06. The lowest BCUT2D eigenvalue weighted by Gasteiger charge is -2.22. The Labute approximate surface area is 127 Å². The molecule has 1 aliphatic rings.